The van der Waals surface area contributed by atoms with Crippen LogP contribution in [0.1, 0.15) is 11.1 Å². The molecular weight excluding hydrogens is 381 g/mol. The first kappa shape index (κ1) is 21.6. The average Bonchev–Trinajstić information content (AvgIpc) is 2.72. The van der Waals surface area contributed by atoms with E-state index in [1.807, 2.05) is 6.07 Å². The fourth-order valence-electron chi connectivity index (χ4n) is 2.52. The summed E-state index contributed by atoms with van der Waals surface area (Å²) in [7, 11) is 4.60. The zero-order valence-corrected chi connectivity index (χ0v) is 17.0. The molecule has 1 amide bonds. The van der Waals surface area contributed by atoms with Gasteiger partial charge in [0.1, 0.15) is 5.82 Å². The van der Waals surface area contributed by atoms with Crippen molar-refractivity contribution in [1.29, 1.82) is 0 Å². The summed E-state index contributed by atoms with van der Waals surface area (Å²) in [6, 6.07) is 10.2. The van der Waals surface area contributed by atoms with Crippen LogP contribution in [0, 0.1) is 5.82 Å². The summed E-state index contributed by atoms with van der Waals surface area (Å²) < 4.78 is 29.5. The minimum atomic E-state index is -0.219. The lowest BCUT2D eigenvalue weighted by Gasteiger charge is -2.13. The fraction of sp³-hybridized carbons (Fsp3) is 0.286. The van der Waals surface area contributed by atoms with Crippen LogP contribution < -0.4 is 19.5 Å². The van der Waals surface area contributed by atoms with Gasteiger partial charge in [0, 0.05) is 29.7 Å². The Morgan fingerprint density at radius 2 is 1.82 bits per heavy atom. The van der Waals surface area contributed by atoms with Gasteiger partial charge < -0.3 is 19.5 Å². The molecule has 0 atom stereocenters. The van der Waals surface area contributed by atoms with Gasteiger partial charge in [0.25, 0.3) is 0 Å². The van der Waals surface area contributed by atoms with Gasteiger partial charge in [-0.15, -0.1) is 0 Å². The minimum absolute atomic E-state index is 0.203. The normalized spacial score (nSPS) is 10.7. The number of rotatable bonds is 10. The Morgan fingerprint density at radius 3 is 2.50 bits per heavy atom. The van der Waals surface area contributed by atoms with Crippen LogP contribution in [0.3, 0.4) is 0 Å². The van der Waals surface area contributed by atoms with Crippen LogP contribution in [-0.4, -0.2) is 39.5 Å². The molecule has 0 fully saturated rings. The Bertz CT molecular complexity index is 826. The smallest absolute Gasteiger partial charge is 0.244 e. The molecular formula is C21H24FNO4S. The van der Waals surface area contributed by atoms with E-state index in [9.17, 15) is 9.18 Å². The zero-order chi connectivity index (χ0) is 20.4. The predicted molar refractivity (Wildman–Crippen MR) is 111 cm³/mol. The first-order valence-corrected chi connectivity index (χ1v) is 9.82. The quantitative estimate of drug-likeness (QED) is 0.480. The molecule has 0 aliphatic carbocycles. The molecule has 0 bridgehead atoms. The first-order valence-electron chi connectivity index (χ1n) is 8.66. The summed E-state index contributed by atoms with van der Waals surface area (Å²) in [4.78, 5) is 12.0. The molecule has 2 rings (SSSR count). The molecule has 2 aromatic rings. The summed E-state index contributed by atoms with van der Waals surface area (Å²) in [5.41, 5.74) is 1.36. The number of ether oxygens (including phenoxy) is 3. The maximum absolute atomic E-state index is 13.5. The van der Waals surface area contributed by atoms with Crippen molar-refractivity contribution in [1.82, 2.24) is 5.32 Å². The van der Waals surface area contributed by atoms with E-state index < -0.39 is 0 Å². The number of nitrogens with one attached hydrogen (secondary N) is 1. The molecule has 28 heavy (non-hydrogen) atoms. The maximum atomic E-state index is 13.5. The lowest BCUT2D eigenvalue weighted by atomic mass is 10.1. The topological polar surface area (TPSA) is 56.8 Å². The van der Waals surface area contributed by atoms with Gasteiger partial charge in [-0.3, -0.25) is 4.79 Å². The van der Waals surface area contributed by atoms with Gasteiger partial charge in [-0.05, 0) is 29.8 Å². The highest BCUT2D eigenvalue weighted by molar-refractivity contribution is 7.98. The molecule has 2 aromatic carbocycles. The standard InChI is InChI=1S/C21H24FNO4S/c1-25-18-10-8-15(20(26-2)21(18)27-3)9-11-19(24)23-12-13-28-14-16-6-4-5-7-17(16)22/h4-11H,12-14H2,1-3H3,(H,23,24)/b11-9+. The van der Waals surface area contributed by atoms with Crippen LogP contribution in [-0.2, 0) is 10.5 Å². The first-order chi connectivity index (χ1) is 13.6. The van der Waals surface area contributed by atoms with Gasteiger partial charge in [-0.25, -0.2) is 4.39 Å². The number of thioether (sulfide) groups is 1. The van der Waals surface area contributed by atoms with Crippen LogP contribution in [0.15, 0.2) is 42.5 Å². The van der Waals surface area contributed by atoms with Crippen molar-refractivity contribution in [2.75, 3.05) is 33.6 Å². The van der Waals surface area contributed by atoms with E-state index in [4.69, 9.17) is 14.2 Å². The number of methoxy groups -OCH3 is 3. The highest BCUT2D eigenvalue weighted by Crippen LogP contribution is 2.40. The fourth-order valence-corrected chi connectivity index (χ4v) is 3.37. The highest BCUT2D eigenvalue weighted by atomic mass is 32.2. The molecule has 0 radical (unpaired) electrons. The Labute approximate surface area is 168 Å². The van der Waals surface area contributed by atoms with Crippen LogP contribution in [0.4, 0.5) is 4.39 Å². The molecule has 0 aliphatic heterocycles. The van der Waals surface area contributed by atoms with E-state index in [-0.39, 0.29) is 11.7 Å². The molecule has 0 spiro atoms. The third kappa shape index (κ3) is 5.92. The second kappa shape index (κ2) is 11.2. The van der Waals surface area contributed by atoms with Crippen LogP contribution in [0.25, 0.3) is 6.08 Å². The third-order valence-corrected chi connectivity index (χ3v) is 4.92. The molecule has 150 valence electrons. The third-order valence-electron chi connectivity index (χ3n) is 3.91. The molecule has 0 heterocycles. The van der Waals surface area contributed by atoms with Crippen molar-refractivity contribution < 1.29 is 23.4 Å². The molecule has 0 saturated heterocycles. The van der Waals surface area contributed by atoms with Crippen molar-refractivity contribution in [3.05, 3.63) is 59.4 Å². The lowest BCUT2D eigenvalue weighted by Crippen LogP contribution is -2.23. The largest absolute Gasteiger partial charge is 0.493 e. The van der Waals surface area contributed by atoms with Crippen LogP contribution >= 0.6 is 11.8 Å². The number of carbonyl (C=O) groups excluding carboxylic acids is 1. The van der Waals surface area contributed by atoms with E-state index in [0.29, 0.717) is 46.4 Å². The summed E-state index contributed by atoms with van der Waals surface area (Å²) in [6.07, 6.45) is 3.09. The van der Waals surface area contributed by atoms with Crippen molar-refractivity contribution in [2.45, 2.75) is 5.75 Å². The van der Waals surface area contributed by atoms with Crippen LogP contribution in [0.2, 0.25) is 0 Å². The zero-order valence-electron chi connectivity index (χ0n) is 16.2. The van der Waals surface area contributed by atoms with E-state index in [2.05, 4.69) is 5.32 Å². The number of benzene rings is 2. The van der Waals surface area contributed by atoms with Crippen LogP contribution in [0.5, 0.6) is 17.2 Å². The second-order valence-corrected chi connectivity index (χ2v) is 6.80. The highest BCUT2D eigenvalue weighted by Gasteiger charge is 2.14. The molecule has 0 aliphatic rings. The van der Waals surface area contributed by atoms with Gasteiger partial charge in [0.15, 0.2) is 11.5 Å². The van der Waals surface area contributed by atoms with E-state index in [0.717, 1.165) is 0 Å². The number of halogens is 1. The number of hydrogen-bond donors (Lipinski definition) is 1. The number of carbonyl (C=O) groups is 1. The number of amides is 1. The SMILES string of the molecule is COc1ccc(/C=C/C(=O)NCCSCc2ccccc2F)c(OC)c1OC. The summed E-state index contributed by atoms with van der Waals surface area (Å²) in [5.74, 6) is 2.35. The van der Waals surface area contributed by atoms with E-state index in [1.165, 1.54) is 26.4 Å². The van der Waals surface area contributed by atoms with Gasteiger partial charge in [-0.2, -0.15) is 11.8 Å². The average molecular weight is 405 g/mol. The lowest BCUT2D eigenvalue weighted by molar-refractivity contribution is -0.116. The monoisotopic (exact) mass is 405 g/mol. The number of hydrogen-bond acceptors (Lipinski definition) is 5. The maximum Gasteiger partial charge on any atom is 0.244 e. The second-order valence-electron chi connectivity index (χ2n) is 5.69. The summed E-state index contributed by atoms with van der Waals surface area (Å²) in [5, 5.41) is 2.81. The molecule has 0 saturated carbocycles. The molecule has 0 aromatic heterocycles. The molecule has 1 N–H and O–H groups in total. The van der Waals surface area contributed by atoms with Gasteiger partial charge >= 0.3 is 0 Å². The Balaban J connectivity index is 1.84. The minimum Gasteiger partial charge on any atom is -0.493 e. The van der Waals surface area contributed by atoms with E-state index in [1.54, 1.807) is 49.2 Å². The van der Waals surface area contributed by atoms with Crippen molar-refractivity contribution >= 4 is 23.7 Å². The Kier molecular flexibility index (Phi) is 8.68. The van der Waals surface area contributed by atoms with E-state index >= 15 is 0 Å². The summed E-state index contributed by atoms with van der Waals surface area (Å²) in [6.45, 7) is 0.491. The van der Waals surface area contributed by atoms with Crippen molar-refractivity contribution in [2.24, 2.45) is 0 Å². The van der Waals surface area contributed by atoms with Gasteiger partial charge in [0.05, 0.1) is 21.3 Å². The molecule has 5 nitrogen and oxygen atoms in total. The summed E-state index contributed by atoms with van der Waals surface area (Å²) >= 11 is 1.56. The molecule has 0 unspecified atom stereocenters. The van der Waals surface area contributed by atoms with Gasteiger partial charge in [-0.1, -0.05) is 18.2 Å². The Morgan fingerprint density at radius 1 is 1.07 bits per heavy atom. The Hall–Kier alpha value is -2.67. The van der Waals surface area contributed by atoms with Crippen molar-refractivity contribution in [3.8, 4) is 17.2 Å². The predicted octanol–water partition coefficient (Wildman–Crippen LogP) is 3.91. The molecule has 7 heteroatoms. The van der Waals surface area contributed by atoms with Crippen molar-refractivity contribution in [3.63, 3.8) is 0 Å². The van der Waals surface area contributed by atoms with Gasteiger partial charge in [0.2, 0.25) is 11.7 Å².